The topological polar surface area (TPSA) is 75.2 Å². The van der Waals surface area contributed by atoms with Crippen LogP contribution in [-0.2, 0) is 9.47 Å². The summed E-state index contributed by atoms with van der Waals surface area (Å²) in [6.45, 7) is 15.3. The fourth-order valence-electron chi connectivity index (χ4n) is 3.03. The molecule has 1 atom stereocenters. The van der Waals surface area contributed by atoms with Crippen LogP contribution in [0.15, 0.2) is 4.99 Å². The molecule has 0 radical (unpaired) electrons. The van der Waals surface area contributed by atoms with Crippen molar-refractivity contribution in [2.75, 3.05) is 45.9 Å². The van der Waals surface area contributed by atoms with Crippen molar-refractivity contribution in [2.45, 2.75) is 65.9 Å². The highest BCUT2D eigenvalue weighted by molar-refractivity contribution is 14.0. The molecule has 1 aliphatic rings. The molecule has 28 heavy (non-hydrogen) atoms. The van der Waals surface area contributed by atoms with Crippen molar-refractivity contribution in [1.82, 2.24) is 15.5 Å². The number of aliphatic imine (C=N–C) groups is 1. The number of ether oxygens (including phenoxy) is 2. The molecule has 1 saturated heterocycles. The summed E-state index contributed by atoms with van der Waals surface area (Å²) in [6, 6.07) is 0. The fourth-order valence-corrected chi connectivity index (χ4v) is 3.03. The minimum atomic E-state index is -0.440. The van der Waals surface area contributed by atoms with Crippen LogP contribution in [0, 0.1) is 5.92 Å². The number of likely N-dealkylation sites (tertiary alicyclic amines) is 1. The number of hydrogen-bond donors (Lipinski definition) is 2. The molecule has 1 amide bonds. The van der Waals surface area contributed by atoms with Gasteiger partial charge in [-0.2, -0.15) is 0 Å². The lowest BCUT2D eigenvalue weighted by Crippen LogP contribution is -2.44. The molecule has 0 aromatic rings. The van der Waals surface area contributed by atoms with Crippen molar-refractivity contribution in [3.8, 4) is 0 Å². The third-order valence-electron chi connectivity index (χ3n) is 4.28. The van der Waals surface area contributed by atoms with Crippen LogP contribution in [0.3, 0.4) is 0 Å². The van der Waals surface area contributed by atoms with E-state index in [1.807, 2.05) is 32.6 Å². The van der Waals surface area contributed by atoms with E-state index < -0.39 is 5.60 Å². The standard InChI is InChI=1S/C20H40N4O3.HI/c1-6-21-18(22-12-9-15-26-7-2)23-13-11-17-10-8-14-24(16-17)19(25)27-20(3,4)5;/h17H,6-16H2,1-5H3,(H2,21,22,23);1H. The molecular formula is C20H41IN4O3. The van der Waals surface area contributed by atoms with Gasteiger partial charge in [0.15, 0.2) is 5.96 Å². The molecule has 0 saturated carbocycles. The lowest BCUT2D eigenvalue weighted by molar-refractivity contribution is 0.0162. The molecule has 0 spiro atoms. The SMILES string of the molecule is CCNC(=NCCCOCC)NCCC1CCCN(C(=O)OC(C)(C)C)C1.I. The molecular weight excluding hydrogens is 471 g/mol. The maximum Gasteiger partial charge on any atom is 0.410 e. The number of carbonyl (C=O) groups excluding carboxylic acids is 1. The Morgan fingerprint density at radius 1 is 1.25 bits per heavy atom. The van der Waals surface area contributed by atoms with Crippen molar-refractivity contribution in [1.29, 1.82) is 0 Å². The number of carbonyl (C=O) groups is 1. The van der Waals surface area contributed by atoms with Crippen LogP contribution in [0.1, 0.15) is 60.3 Å². The van der Waals surface area contributed by atoms with E-state index in [1.54, 1.807) is 0 Å². The molecule has 0 aliphatic carbocycles. The molecule has 2 N–H and O–H groups in total. The number of nitrogens with one attached hydrogen (secondary N) is 2. The van der Waals surface area contributed by atoms with E-state index in [9.17, 15) is 4.79 Å². The summed E-state index contributed by atoms with van der Waals surface area (Å²) >= 11 is 0. The van der Waals surface area contributed by atoms with Crippen LogP contribution in [-0.4, -0.2) is 68.5 Å². The molecule has 8 heteroatoms. The number of amides is 1. The van der Waals surface area contributed by atoms with Crippen molar-refractivity contribution in [3.05, 3.63) is 0 Å². The van der Waals surface area contributed by atoms with E-state index in [4.69, 9.17) is 9.47 Å². The first-order valence-electron chi connectivity index (χ1n) is 10.4. The van der Waals surface area contributed by atoms with Gasteiger partial charge in [0.25, 0.3) is 0 Å². The van der Waals surface area contributed by atoms with Crippen LogP contribution in [0.2, 0.25) is 0 Å². The lowest BCUT2D eigenvalue weighted by atomic mass is 9.95. The van der Waals surface area contributed by atoms with Gasteiger partial charge in [0.1, 0.15) is 5.60 Å². The third kappa shape index (κ3) is 12.6. The molecule has 1 rings (SSSR count). The van der Waals surface area contributed by atoms with Gasteiger partial charge in [0.05, 0.1) is 0 Å². The zero-order valence-electron chi connectivity index (χ0n) is 18.4. The van der Waals surface area contributed by atoms with Gasteiger partial charge in [-0.3, -0.25) is 4.99 Å². The van der Waals surface area contributed by atoms with Crippen molar-refractivity contribution < 1.29 is 14.3 Å². The third-order valence-corrected chi connectivity index (χ3v) is 4.28. The lowest BCUT2D eigenvalue weighted by Gasteiger charge is -2.34. The largest absolute Gasteiger partial charge is 0.444 e. The number of hydrogen-bond acceptors (Lipinski definition) is 4. The van der Waals surface area contributed by atoms with E-state index in [0.717, 1.165) is 77.6 Å². The quantitative estimate of drug-likeness (QED) is 0.214. The minimum absolute atomic E-state index is 0. The zero-order chi connectivity index (χ0) is 20.1. The predicted molar refractivity (Wildman–Crippen MR) is 126 cm³/mol. The molecule has 1 unspecified atom stereocenters. The zero-order valence-corrected chi connectivity index (χ0v) is 20.7. The average molecular weight is 512 g/mol. The number of halogens is 1. The second-order valence-corrected chi connectivity index (χ2v) is 7.96. The molecule has 7 nitrogen and oxygen atoms in total. The molecule has 1 heterocycles. The van der Waals surface area contributed by atoms with Gasteiger partial charge in [-0.25, -0.2) is 4.79 Å². The van der Waals surface area contributed by atoms with Crippen molar-refractivity contribution >= 4 is 36.0 Å². The fraction of sp³-hybridized carbons (Fsp3) is 0.900. The number of guanidine groups is 1. The Labute approximate surface area is 188 Å². The minimum Gasteiger partial charge on any atom is -0.444 e. The summed E-state index contributed by atoms with van der Waals surface area (Å²) in [5.74, 6) is 1.36. The number of rotatable bonds is 9. The van der Waals surface area contributed by atoms with E-state index in [-0.39, 0.29) is 30.1 Å². The Bertz CT molecular complexity index is 455. The summed E-state index contributed by atoms with van der Waals surface area (Å²) in [6.07, 6.45) is 3.95. The van der Waals surface area contributed by atoms with Crippen LogP contribution in [0.4, 0.5) is 4.79 Å². The van der Waals surface area contributed by atoms with Crippen LogP contribution in [0.25, 0.3) is 0 Å². The molecule has 1 fully saturated rings. The Kier molecular flexibility index (Phi) is 14.7. The van der Waals surface area contributed by atoms with Gasteiger partial charge in [-0.1, -0.05) is 0 Å². The number of piperidine rings is 1. The highest BCUT2D eigenvalue weighted by Gasteiger charge is 2.27. The normalized spacial score (nSPS) is 17.7. The monoisotopic (exact) mass is 512 g/mol. The van der Waals surface area contributed by atoms with E-state index in [2.05, 4.69) is 22.5 Å². The van der Waals surface area contributed by atoms with Crippen LogP contribution in [0.5, 0.6) is 0 Å². The first-order valence-corrected chi connectivity index (χ1v) is 10.4. The first kappa shape index (κ1) is 27.2. The Hall–Kier alpha value is -0.770. The van der Waals surface area contributed by atoms with Gasteiger partial charge < -0.3 is 25.0 Å². The van der Waals surface area contributed by atoms with Gasteiger partial charge in [0, 0.05) is 45.9 Å². The second-order valence-electron chi connectivity index (χ2n) is 7.96. The summed E-state index contributed by atoms with van der Waals surface area (Å²) in [5.41, 5.74) is -0.440. The summed E-state index contributed by atoms with van der Waals surface area (Å²) in [7, 11) is 0. The molecule has 0 aromatic heterocycles. The van der Waals surface area contributed by atoms with Crippen LogP contribution >= 0.6 is 24.0 Å². The molecule has 0 aromatic carbocycles. The maximum absolute atomic E-state index is 12.3. The van der Waals surface area contributed by atoms with Crippen molar-refractivity contribution in [2.24, 2.45) is 10.9 Å². The average Bonchev–Trinajstić information content (AvgIpc) is 2.60. The Morgan fingerprint density at radius 2 is 2.00 bits per heavy atom. The van der Waals surface area contributed by atoms with E-state index >= 15 is 0 Å². The molecule has 1 aliphatic heterocycles. The predicted octanol–water partition coefficient (Wildman–Crippen LogP) is 3.62. The summed E-state index contributed by atoms with van der Waals surface area (Å²) < 4.78 is 10.8. The Morgan fingerprint density at radius 3 is 2.64 bits per heavy atom. The van der Waals surface area contributed by atoms with E-state index in [1.165, 1.54) is 0 Å². The highest BCUT2D eigenvalue weighted by atomic mass is 127. The van der Waals surface area contributed by atoms with Gasteiger partial charge in [-0.15, -0.1) is 24.0 Å². The molecule has 0 bridgehead atoms. The van der Waals surface area contributed by atoms with Crippen LogP contribution < -0.4 is 10.6 Å². The highest BCUT2D eigenvalue weighted by Crippen LogP contribution is 2.21. The van der Waals surface area contributed by atoms with Crippen molar-refractivity contribution in [3.63, 3.8) is 0 Å². The summed E-state index contributed by atoms with van der Waals surface area (Å²) in [4.78, 5) is 18.7. The van der Waals surface area contributed by atoms with E-state index in [0.29, 0.717) is 5.92 Å². The maximum atomic E-state index is 12.3. The van der Waals surface area contributed by atoms with Gasteiger partial charge in [0.2, 0.25) is 0 Å². The smallest absolute Gasteiger partial charge is 0.410 e. The number of nitrogens with zero attached hydrogens (tertiary/aromatic N) is 2. The molecule has 166 valence electrons. The first-order chi connectivity index (χ1) is 12.9. The second kappa shape index (κ2) is 15.1. The summed E-state index contributed by atoms with van der Waals surface area (Å²) in [5, 5.41) is 6.68. The van der Waals surface area contributed by atoms with Gasteiger partial charge >= 0.3 is 6.09 Å². The Balaban J connectivity index is 0.00000729. The van der Waals surface area contributed by atoms with Gasteiger partial charge in [-0.05, 0) is 66.2 Å².